The molecular formula is C16H20ClNO2. The van der Waals surface area contributed by atoms with Crippen molar-refractivity contribution >= 4 is 23.4 Å². The number of hydrogen-bond acceptors (Lipinski definition) is 2. The summed E-state index contributed by atoms with van der Waals surface area (Å²) in [6.07, 6.45) is 3.33. The van der Waals surface area contributed by atoms with E-state index in [-0.39, 0.29) is 11.5 Å². The normalized spacial score (nSPS) is 21.0. The van der Waals surface area contributed by atoms with Gasteiger partial charge in [0.05, 0.1) is 0 Å². The maximum atomic E-state index is 11.9. The summed E-state index contributed by atoms with van der Waals surface area (Å²) in [7, 11) is 0. The quantitative estimate of drug-likeness (QED) is 0.777. The first-order valence-corrected chi connectivity index (χ1v) is 7.12. The van der Waals surface area contributed by atoms with Crippen molar-refractivity contribution in [2.45, 2.75) is 39.7 Å². The van der Waals surface area contributed by atoms with Gasteiger partial charge in [-0.05, 0) is 55.5 Å². The largest absolute Gasteiger partial charge is 0.442 e. The number of halogens is 1. The standard InChI is InChI=1S/C16H20ClNO2/c1-11-8-14(10-16(2,3)9-11)20-15(19)18-13-6-4-12(17)5-7-13/h4-8,14H,9-10H2,1-3H3,(H,18,19). The van der Waals surface area contributed by atoms with Crippen LogP contribution < -0.4 is 5.32 Å². The zero-order valence-electron chi connectivity index (χ0n) is 12.1. The third kappa shape index (κ3) is 4.27. The van der Waals surface area contributed by atoms with Crippen molar-refractivity contribution < 1.29 is 9.53 Å². The van der Waals surface area contributed by atoms with E-state index >= 15 is 0 Å². The van der Waals surface area contributed by atoms with Crippen LogP contribution in [0.4, 0.5) is 10.5 Å². The molecule has 0 spiro atoms. The van der Waals surface area contributed by atoms with E-state index < -0.39 is 6.09 Å². The summed E-state index contributed by atoms with van der Waals surface area (Å²) in [6, 6.07) is 6.95. The van der Waals surface area contributed by atoms with Crippen molar-refractivity contribution in [3.63, 3.8) is 0 Å². The molecule has 1 aromatic carbocycles. The maximum Gasteiger partial charge on any atom is 0.412 e. The highest BCUT2D eigenvalue weighted by Crippen LogP contribution is 2.36. The van der Waals surface area contributed by atoms with Crippen LogP contribution >= 0.6 is 11.6 Å². The van der Waals surface area contributed by atoms with E-state index in [2.05, 4.69) is 26.1 Å². The Bertz CT molecular complexity index is 520. The highest BCUT2D eigenvalue weighted by molar-refractivity contribution is 6.30. The first-order valence-electron chi connectivity index (χ1n) is 6.75. The number of ether oxygens (including phenoxy) is 1. The van der Waals surface area contributed by atoms with Crippen LogP contribution in [-0.4, -0.2) is 12.2 Å². The fraction of sp³-hybridized carbons (Fsp3) is 0.438. The molecule has 0 radical (unpaired) electrons. The van der Waals surface area contributed by atoms with E-state index in [0.717, 1.165) is 12.8 Å². The molecule has 0 fully saturated rings. The molecule has 0 heterocycles. The van der Waals surface area contributed by atoms with E-state index in [1.54, 1.807) is 24.3 Å². The Hall–Kier alpha value is -1.48. The fourth-order valence-electron chi connectivity index (χ4n) is 2.70. The summed E-state index contributed by atoms with van der Waals surface area (Å²) in [4.78, 5) is 11.9. The number of carbonyl (C=O) groups excluding carboxylic acids is 1. The molecule has 108 valence electrons. The number of hydrogen-bond donors (Lipinski definition) is 1. The minimum atomic E-state index is -0.431. The van der Waals surface area contributed by atoms with Crippen molar-refractivity contribution in [1.82, 2.24) is 0 Å². The molecule has 1 amide bonds. The van der Waals surface area contributed by atoms with Crippen LogP contribution in [0.25, 0.3) is 0 Å². The lowest BCUT2D eigenvalue weighted by molar-refractivity contribution is 0.0974. The third-order valence-electron chi connectivity index (χ3n) is 3.33. The molecule has 4 heteroatoms. The number of rotatable bonds is 2. The van der Waals surface area contributed by atoms with E-state index in [4.69, 9.17) is 16.3 Å². The van der Waals surface area contributed by atoms with E-state index in [9.17, 15) is 4.79 Å². The van der Waals surface area contributed by atoms with Crippen LogP contribution in [0, 0.1) is 5.41 Å². The molecule has 0 bridgehead atoms. The number of amides is 1. The zero-order valence-corrected chi connectivity index (χ0v) is 12.8. The Morgan fingerprint density at radius 1 is 1.35 bits per heavy atom. The van der Waals surface area contributed by atoms with Gasteiger partial charge in [-0.15, -0.1) is 0 Å². The van der Waals surface area contributed by atoms with E-state index in [0.29, 0.717) is 10.7 Å². The van der Waals surface area contributed by atoms with Gasteiger partial charge in [0.25, 0.3) is 0 Å². The maximum absolute atomic E-state index is 11.9. The Kier molecular flexibility index (Phi) is 4.39. The van der Waals surface area contributed by atoms with Crippen molar-refractivity contribution in [2.75, 3.05) is 5.32 Å². The monoisotopic (exact) mass is 293 g/mol. The Morgan fingerprint density at radius 2 is 2.00 bits per heavy atom. The number of allylic oxidation sites excluding steroid dienone is 1. The molecule has 1 aromatic rings. The highest BCUT2D eigenvalue weighted by atomic mass is 35.5. The van der Waals surface area contributed by atoms with Crippen molar-refractivity contribution in [3.8, 4) is 0 Å². The third-order valence-corrected chi connectivity index (χ3v) is 3.58. The molecule has 0 aromatic heterocycles. The summed E-state index contributed by atoms with van der Waals surface area (Å²) in [6.45, 7) is 6.46. The average Bonchev–Trinajstić information content (AvgIpc) is 2.29. The molecule has 1 atom stereocenters. The minimum Gasteiger partial charge on any atom is -0.442 e. The minimum absolute atomic E-state index is 0.161. The topological polar surface area (TPSA) is 38.3 Å². The smallest absolute Gasteiger partial charge is 0.412 e. The van der Waals surface area contributed by atoms with Crippen LogP contribution in [0.2, 0.25) is 5.02 Å². The highest BCUT2D eigenvalue weighted by Gasteiger charge is 2.29. The molecule has 1 aliphatic rings. The Balaban J connectivity index is 1.94. The summed E-state index contributed by atoms with van der Waals surface area (Å²) in [5, 5.41) is 3.35. The van der Waals surface area contributed by atoms with Gasteiger partial charge in [0.2, 0.25) is 0 Å². The summed E-state index contributed by atoms with van der Waals surface area (Å²) in [5.41, 5.74) is 2.12. The SMILES string of the molecule is CC1=CC(OC(=O)Nc2ccc(Cl)cc2)CC(C)(C)C1. The van der Waals surface area contributed by atoms with Gasteiger partial charge in [0.15, 0.2) is 0 Å². The summed E-state index contributed by atoms with van der Waals surface area (Å²) in [5.74, 6) is 0. The number of nitrogens with one attached hydrogen (secondary N) is 1. The van der Waals surface area contributed by atoms with Crippen molar-refractivity contribution in [3.05, 3.63) is 40.9 Å². The molecular weight excluding hydrogens is 274 g/mol. The first kappa shape index (κ1) is 14.9. The molecule has 20 heavy (non-hydrogen) atoms. The second-order valence-electron chi connectivity index (χ2n) is 6.13. The molecule has 0 saturated heterocycles. The van der Waals surface area contributed by atoms with Crippen LogP contribution in [-0.2, 0) is 4.74 Å². The van der Waals surface area contributed by atoms with Crippen molar-refractivity contribution in [1.29, 1.82) is 0 Å². The van der Waals surface area contributed by atoms with Gasteiger partial charge in [-0.2, -0.15) is 0 Å². The lowest BCUT2D eigenvalue weighted by Crippen LogP contribution is -2.30. The molecule has 2 rings (SSSR count). The van der Waals surface area contributed by atoms with Crippen molar-refractivity contribution in [2.24, 2.45) is 5.41 Å². The van der Waals surface area contributed by atoms with Gasteiger partial charge < -0.3 is 4.74 Å². The Labute approximate surface area is 125 Å². The molecule has 1 aliphatic carbocycles. The number of anilines is 1. The number of benzene rings is 1. The predicted molar refractivity (Wildman–Crippen MR) is 82.1 cm³/mol. The zero-order chi connectivity index (χ0) is 14.8. The van der Waals surface area contributed by atoms with Gasteiger partial charge in [0, 0.05) is 10.7 Å². The average molecular weight is 294 g/mol. The molecule has 0 saturated carbocycles. The molecule has 1 unspecified atom stereocenters. The molecule has 0 aliphatic heterocycles. The second kappa shape index (κ2) is 5.88. The van der Waals surface area contributed by atoms with Gasteiger partial charge in [-0.3, -0.25) is 5.32 Å². The second-order valence-corrected chi connectivity index (χ2v) is 6.57. The fourth-order valence-corrected chi connectivity index (χ4v) is 2.83. The Morgan fingerprint density at radius 3 is 2.60 bits per heavy atom. The van der Waals surface area contributed by atoms with E-state index in [1.807, 2.05) is 6.08 Å². The molecule has 1 N–H and O–H groups in total. The van der Waals surface area contributed by atoms with Gasteiger partial charge in [-0.1, -0.05) is 31.0 Å². The van der Waals surface area contributed by atoms with Gasteiger partial charge in [0.1, 0.15) is 6.10 Å². The van der Waals surface area contributed by atoms with Gasteiger partial charge >= 0.3 is 6.09 Å². The van der Waals surface area contributed by atoms with Crippen LogP contribution in [0.1, 0.15) is 33.6 Å². The molecule has 3 nitrogen and oxygen atoms in total. The van der Waals surface area contributed by atoms with Crippen LogP contribution in [0.3, 0.4) is 0 Å². The number of carbonyl (C=O) groups is 1. The lowest BCUT2D eigenvalue weighted by Gasteiger charge is -2.33. The lowest BCUT2D eigenvalue weighted by atomic mass is 9.76. The summed E-state index contributed by atoms with van der Waals surface area (Å²) >= 11 is 5.80. The predicted octanol–water partition coefficient (Wildman–Crippen LogP) is 5.02. The van der Waals surface area contributed by atoms with Crippen LogP contribution in [0.15, 0.2) is 35.9 Å². The van der Waals surface area contributed by atoms with Gasteiger partial charge in [-0.25, -0.2) is 4.79 Å². The van der Waals surface area contributed by atoms with E-state index in [1.165, 1.54) is 5.57 Å². The first-order chi connectivity index (χ1) is 9.34. The van der Waals surface area contributed by atoms with Crippen LogP contribution in [0.5, 0.6) is 0 Å². The summed E-state index contributed by atoms with van der Waals surface area (Å²) < 4.78 is 5.47.